The van der Waals surface area contributed by atoms with Crippen molar-refractivity contribution in [2.75, 3.05) is 25.6 Å². The minimum absolute atomic E-state index is 0.875. The molecule has 0 saturated heterocycles. The molecule has 2 aromatic carbocycles. The fourth-order valence-corrected chi connectivity index (χ4v) is 2.22. The van der Waals surface area contributed by atoms with Gasteiger partial charge in [-0.3, -0.25) is 0 Å². The highest BCUT2D eigenvalue weighted by atomic mass is 16.5. The molecular formula is C18H24N2O. The SMILES string of the molecule is CCCNCc1ccc(N(C)c2cccc(OC)c2)cc1. The van der Waals surface area contributed by atoms with Crippen molar-refractivity contribution in [2.45, 2.75) is 19.9 Å². The summed E-state index contributed by atoms with van der Waals surface area (Å²) in [6.45, 7) is 4.17. The predicted octanol–water partition coefficient (Wildman–Crippen LogP) is 3.96. The Balaban J connectivity index is 2.06. The molecular weight excluding hydrogens is 260 g/mol. The number of rotatable bonds is 7. The number of benzene rings is 2. The molecule has 0 saturated carbocycles. The highest BCUT2D eigenvalue weighted by Crippen LogP contribution is 2.26. The van der Waals surface area contributed by atoms with Gasteiger partial charge in [-0.1, -0.05) is 25.1 Å². The van der Waals surface area contributed by atoms with Crippen LogP contribution in [-0.2, 0) is 6.54 Å². The Morgan fingerprint density at radius 2 is 1.81 bits per heavy atom. The Kier molecular flexibility index (Phi) is 5.64. The minimum Gasteiger partial charge on any atom is -0.497 e. The van der Waals surface area contributed by atoms with Crippen molar-refractivity contribution < 1.29 is 4.74 Å². The summed E-state index contributed by atoms with van der Waals surface area (Å²) in [6.07, 6.45) is 1.16. The molecule has 0 amide bonds. The van der Waals surface area contributed by atoms with E-state index in [1.807, 2.05) is 18.2 Å². The lowest BCUT2D eigenvalue weighted by Crippen LogP contribution is -2.14. The van der Waals surface area contributed by atoms with Crippen LogP contribution in [0.5, 0.6) is 5.75 Å². The number of methoxy groups -OCH3 is 1. The smallest absolute Gasteiger partial charge is 0.120 e. The van der Waals surface area contributed by atoms with E-state index in [1.165, 1.54) is 11.3 Å². The van der Waals surface area contributed by atoms with Crippen LogP contribution in [0.25, 0.3) is 0 Å². The van der Waals surface area contributed by atoms with Gasteiger partial charge in [-0.15, -0.1) is 0 Å². The zero-order chi connectivity index (χ0) is 15.1. The molecule has 3 heteroatoms. The molecule has 2 rings (SSSR count). The molecule has 21 heavy (non-hydrogen) atoms. The van der Waals surface area contributed by atoms with Crippen molar-refractivity contribution in [2.24, 2.45) is 0 Å². The van der Waals surface area contributed by atoms with E-state index in [2.05, 4.69) is 54.5 Å². The molecule has 0 aliphatic carbocycles. The van der Waals surface area contributed by atoms with Crippen molar-refractivity contribution in [3.05, 3.63) is 54.1 Å². The molecule has 0 aliphatic heterocycles. The van der Waals surface area contributed by atoms with Crippen LogP contribution < -0.4 is 15.0 Å². The van der Waals surface area contributed by atoms with Crippen molar-refractivity contribution in [3.63, 3.8) is 0 Å². The summed E-state index contributed by atoms with van der Waals surface area (Å²) in [5, 5.41) is 3.42. The van der Waals surface area contributed by atoms with E-state index < -0.39 is 0 Å². The van der Waals surface area contributed by atoms with Crippen LogP contribution in [0.4, 0.5) is 11.4 Å². The van der Waals surface area contributed by atoms with Crippen LogP contribution in [0.2, 0.25) is 0 Å². The van der Waals surface area contributed by atoms with Gasteiger partial charge in [-0.25, -0.2) is 0 Å². The van der Waals surface area contributed by atoms with Gasteiger partial charge in [0, 0.05) is 31.0 Å². The maximum Gasteiger partial charge on any atom is 0.120 e. The first-order chi connectivity index (χ1) is 10.2. The third kappa shape index (κ3) is 4.23. The van der Waals surface area contributed by atoms with Crippen LogP contribution >= 0.6 is 0 Å². The van der Waals surface area contributed by atoms with Crippen molar-refractivity contribution in [1.82, 2.24) is 5.32 Å². The Morgan fingerprint density at radius 3 is 2.48 bits per heavy atom. The van der Waals surface area contributed by atoms with Gasteiger partial charge in [0.1, 0.15) is 5.75 Å². The fourth-order valence-electron chi connectivity index (χ4n) is 2.22. The predicted molar refractivity (Wildman–Crippen MR) is 89.5 cm³/mol. The summed E-state index contributed by atoms with van der Waals surface area (Å²) >= 11 is 0. The number of nitrogens with zero attached hydrogens (tertiary/aromatic N) is 1. The van der Waals surface area contributed by atoms with Crippen molar-refractivity contribution >= 4 is 11.4 Å². The summed E-state index contributed by atoms with van der Waals surface area (Å²) in [6, 6.07) is 16.7. The zero-order valence-corrected chi connectivity index (χ0v) is 13.1. The van der Waals surface area contributed by atoms with Crippen LogP contribution in [0, 0.1) is 0 Å². The first-order valence-electron chi connectivity index (χ1n) is 7.42. The van der Waals surface area contributed by atoms with Crippen LogP contribution in [0.15, 0.2) is 48.5 Å². The molecule has 0 fully saturated rings. The summed E-state index contributed by atoms with van der Waals surface area (Å²) in [5.41, 5.74) is 3.60. The first kappa shape index (κ1) is 15.4. The van der Waals surface area contributed by atoms with Gasteiger partial charge < -0.3 is 15.0 Å². The molecule has 0 aliphatic rings. The number of anilines is 2. The standard InChI is InChI=1S/C18H24N2O/c1-4-12-19-14-15-8-10-16(11-9-15)20(2)17-6-5-7-18(13-17)21-3/h5-11,13,19H,4,12,14H2,1-3H3. The Morgan fingerprint density at radius 1 is 1.05 bits per heavy atom. The maximum atomic E-state index is 5.28. The highest BCUT2D eigenvalue weighted by molar-refractivity contribution is 5.64. The molecule has 0 unspecified atom stereocenters. The van der Waals surface area contributed by atoms with E-state index >= 15 is 0 Å². The topological polar surface area (TPSA) is 24.5 Å². The summed E-state index contributed by atoms with van der Waals surface area (Å²) in [4.78, 5) is 2.16. The largest absolute Gasteiger partial charge is 0.497 e. The zero-order valence-electron chi connectivity index (χ0n) is 13.1. The van der Waals surface area contributed by atoms with Gasteiger partial charge in [-0.05, 0) is 42.8 Å². The number of hydrogen-bond donors (Lipinski definition) is 1. The molecule has 2 aromatic rings. The summed E-state index contributed by atoms with van der Waals surface area (Å²) in [5.74, 6) is 0.875. The van der Waals surface area contributed by atoms with Gasteiger partial charge in [0.05, 0.1) is 7.11 Å². The lowest BCUT2D eigenvalue weighted by molar-refractivity contribution is 0.415. The summed E-state index contributed by atoms with van der Waals surface area (Å²) < 4.78 is 5.28. The van der Waals surface area contributed by atoms with E-state index in [-0.39, 0.29) is 0 Å². The van der Waals surface area contributed by atoms with Gasteiger partial charge in [-0.2, -0.15) is 0 Å². The van der Waals surface area contributed by atoms with Gasteiger partial charge >= 0.3 is 0 Å². The average Bonchev–Trinajstić information content (AvgIpc) is 2.55. The lowest BCUT2D eigenvalue weighted by atomic mass is 10.2. The molecule has 0 radical (unpaired) electrons. The maximum absolute atomic E-state index is 5.28. The van der Waals surface area contributed by atoms with Crippen molar-refractivity contribution in [1.29, 1.82) is 0 Å². The highest BCUT2D eigenvalue weighted by Gasteiger charge is 2.05. The van der Waals surface area contributed by atoms with Gasteiger partial charge in [0.2, 0.25) is 0 Å². The second-order valence-corrected chi connectivity index (χ2v) is 5.10. The number of nitrogens with one attached hydrogen (secondary N) is 1. The van der Waals surface area contributed by atoms with E-state index in [9.17, 15) is 0 Å². The average molecular weight is 284 g/mol. The monoisotopic (exact) mass is 284 g/mol. The molecule has 0 bridgehead atoms. The van der Waals surface area contributed by atoms with E-state index in [0.717, 1.165) is 30.9 Å². The van der Waals surface area contributed by atoms with Crippen LogP contribution in [0.3, 0.4) is 0 Å². The Labute approximate surface area is 127 Å². The van der Waals surface area contributed by atoms with Crippen LogP contribution in [-0.4, -0.2) is 20.7 Å². The number of hydrogen-bond acceptors (Lipinski definition) is 3. The van der Waals surface area contributed by atoms with E-state index in [1.54, 1.807) is 7.11 Å². The molecule has 0 aromatic heterocycles. The van der Waals surface area contributed by atoms with Gasteiger partial charge in [0.15, 0.2) is 0 Å². The lowest BCUT2D eigenvalue weighted by Gasteiger charge is -2.20. The molecule has 1 N–H and O–H groups in total. The summed E-state index contributed by atoms with van der Waals surface area (Å²) in [7, 11) is 3.76. The van der Waals surface area contributed by atoms with Crippen LogP contribution in [0.1, 0.15) is 18.9 Å². The Bertz CT molecular complexity index is 551. The molecule has 3 nitrogen and oxygen atoms in total. The quantitative estimate of drug-likeness (QED) is 0.779. The third-order valence-electron chi connectivity index (χ3n) is 3.52. The fraction of sp³-hybridized carbons (Fsp3) is 0.333. The van der Waals surface area contributed by atoms with E-state index in [0.29, 0.717) is 0 Å². The first-order valence-corrected chi connectivity index (χ1v) is 7.42. The molecule has 112 valence electrons. The second-order valence-electron chi connectivity index (χ2n) is 5.10. The molecule has 0 heterocycles. The minimum atomic E-state index is 0.875. The molecule has 0 spiro atoms. The van der Waals surface area contributed by atoms with Gasteiger partial charge in [0.25, 0.3) is 0 Å². The van der Waals surface area contributed by atoms with E-state index in [4.69, 9.17) is 4.74 Å². The number of ether oxygens (including phenoxy) is 1. The van der Waals surface area contributed by atoms with Crippen molar-refractivity contribution in [3.8, 4) is 5.75 Å². The third-order valence-corrected chi connectivity index (χ3v) is 3.52. The normalized spacial score (nSPS) is 10.4. The Hall–Kier alpha value is -2.00. The second kappa shape index (κ2) is 7.70. The molecule has 0 atom stereocenters.